The number of hydrogen-bond donors (Lipinski definition) is 1. The second kappa shape index (κ2) is 9.84. The molecule has 12 nitrogen and oxygen atoms in total. The zero-order chi connectivity index (χ0) is 23.4. The molecule has 0 unspecified atom stereocenters. The van der Waals surface area contributed by atoms with Gasteiger partial charge in [0.25, 0.3) is 5.69 Å². The van der Waals surface area contributed by atoms with Crippen molar-refractivity contribution in [1.29, 1.82) is 0 Å². The lowest BCUT2D eigenvalue weighted by atomic mass is 10.2. The van der Waals surface area contributed by atoms with Crippen molar-refractivity contribution in [2.24, 2.45) is 0 Å². The Morgan fingerprint density at radius 2 is 1.82 bits per heavy atom. The van der Waals surface area contributed by atoms with Crippen LogP contribution in [0.5, 0.6) is 0 Å². The summed E-state index contributed by atoms with van der Waals surface area (Å²) >= 11 is 0. The monoisotopic (exact) mass is 459 g/mol. The minimum absolute atomic E-state index is 0.215. The summed E-state index contributed by atoms with van der Waals surface area (Å²) in [6.45, 7) is 2.74. The van der Waals surface area contributed by atoms with Gasteiger partial charge in [-0.25, -0.2) is 14.4 Å². The summed E-state index contributed by atoms with van der Waals surface area (Å²) in [5.74, 6) is -0.630. The molecule has 3 aromatic heterocycles. The molecule has 33 heavy (non-hydrogen) atoms. The van der Waals surface area contributed by atoms with Gasteiger partial charge in [-0.05, 0) is 37.0 Å². The Labute approximate surface area is 189 Å². The van der Waals surface area contributed by atoms with E-state index in [9.17, 15) is 14.4 Å². The number of fused-ring (bicyclic) bond motifs is 3. The second-order valence-electron chi connectivity index (χ2n) is 7.85. The summed E-state index contributed by atoms with van der Waals surface area (Å²) in [6, 6.07) is 1.80. The fourth-order valence-electron chi connectivity index (χ4n) is 4.15. The van der Waals surface area contributed by atoms with E-state index < -0.39 is 0 Å². The molecule has 0 atom stereocenters. The third kappa shape index (κ3) is 4.73. The molecule has 1 N–H and O–H groups in total. The smallest absolute Gasteiger partial charge is 0.429 e. The van der Waals surface area contributed by atoms with Crippen LogP contribution in [0.2, 0.25) is 0 Å². The first-order chi connectivity index (χ1) is 16.0. The molecule has 3 aromatic rings. The first-order valence-electron chi connectivity index (χ1n) is 10.9. The molecule has 0 amide bonds. The number of aromatic nitrogens is 6. The number of H-pyrrole nitrogens is 1. The molecule has 0 saturated heterocycles. The Bertz CT molecular complexity index is 1180. The van der Waals surface area contributed by atoms with Crippen LogP contribution in [-0.2, 0) is 48.4 Å². The number of aromatic amines is 1. The van der Waals surface area contributed by atoms with Gasteiger partial charge in [0.1, 0.15) is 5.56 Å². The Kier molecular flexibility index (Phi) is 6.71. The maximum Gasteiger partial charge on any atom is 0.429 e. The molecular weight excluding hydrogens is 432 g/mol. The predicted molar refractivity (Wildman–Crippen MR) is 112 cm³/mol. The number of nitrogens with one attached hydrogen (secondary N) is 1. The number of carbonyl (C=O) groups excluding carboxylic acids is 2. The molecule has 0 radical (unpaired) electrons. The molecule has 0 bridgehead atoms. The minimum Gasteiger partial charge on any atom is -0.465 e. The summed E-state index contributed by atoms with van der Waals surface area (Å²) in [7, 11) is 2.76. The van der Waals surface area contributed by atoms with Gasteiger partial charge in [0, 0.05) is 31.6 Å². The normalized spacial score (nSPS) is 14.8. The van der Waals surface area contributed by atoms with Gasteiger partial charge in [0.2, 0.25) is 0 Å². The van der Waals surface area contributed by atoms with Crippen molar-refractivity contribution in [3.8, 4) is 0 Å². The fraction of sp³-hybridized carbons (Fsp3) is 0.524. The predicted octanol–water partition coefficient (Wildman–Crippen LogP) is 0.433. The van der Waals surface area contributed by atoms with Crippen LogP contribution in [0, 0.1) is 0 Å². The highest BCUT2D eigenvalue weighted by Crippen LogP contribution is 2.18. The number of ether oxygens (including phenoxy) is 2. The highest BCUT2D eigenvalue weighted by atomic mass is 16.5. The highest BCUT2D eigenvalue weighted by molar-refractivity contribution is 5.90. The quantitative estimate of drug-likeness (QED) is 0.430. The molecule has 3 aliphatic rings. The lowest BCUT2D eigenvalue weighted by molar-refractivity contribution is -0.756. The van der Waals surface area contributed by atoms with Gasteiger partial charge in [-0.2, -0.15) is 10.2 Å². The third-order valence-electron chi connectivity index (χ3n) is 5.80. The van der Waals surface area contributed by atoms with E-state index in [4.69, 9.17) is 0 Å². The van der Waals surface area contributed by atoms with E-state index >= 15 is 0 Å². The Balaban J connectivity index is 0.000000119. The molecule has 0 aliphatic carbocycles. The van der Waals surface area contributed by atoms with Crippen molar-refractivity contribution in [3.63, 3.8) is 0 Å². The summed E-state index contributed by atoms with van der Waals surface area (Å²) in [5.41, 5.74) is 3.75. The molecule has 12 heteroatoms. The molecule has 6 heterocycles. The highest BCUT2D eigenvalue weighted by Gasteiger charge is 2.26. The van der Waals surface area contributed by atoms with Crippen molar-refractivity contribution in [1.82, 2.24) is 24.8 Å². The first kappa shape index (κ1) is 22.5. The Morgan fingerprint density at radius 1 is 1.06 bits per heavy atom. The van der Waals surface area contributed by atoms with Gasteiger partial charge in [-0.1, -0.05) is 4.68 Å². The fourth-order valence-corrected chi connectivity index (χ4v) is 4.15. The van der Waals surface area contributed by atoms with E-state index in [2.05, 4.69) is 29.5 Å². The van der Waals surface area contributed by atoms with E-state index in [0.29, 0.717) is 11.3 Å². The van der Waals surface area contributed by atoms with Crippen molar-refractivity contribution >= 4 is 11.9 Å². The average Bonchev–Trinajstić information content (AvgIpc) is 3.62. The topological polar surface area (TPSA) is 138 Å². The van der Waals surface area contributed by atoms with Crippen molar-refractivity contribution < 1.29 is 28.3 Å². The zero-order valence-electron chi connectivity index (χ0n) is 18.7. The summed E-state index contributed by atoms with van der Waals surface area (Å²) in [4.78, 5) is 32.9. The first-order valence-corrected chi connectivity index (χ1v) is 10.9. The molecule has 6 rings (SSSR count). The van der Waals surface area contributed by atoms with Crippen LogP contribution in [-0.4, -0.2) is 51.0 Å². The van der Waals surface area contributed by atoms with Crippen LogP contribution in [0.25, 0.3) is 0 Å². The van der Waals surface area contributed by atoms with E-state index in [1.54, 1.807) is 16.9 Å². The van der Waals surface area contributed by atoms with Crippen molar-refractivity contribution in [2.45, 2.75) is 58.2 Å². The van der Waals surface area contributed by atoms with Gasteiger partial charge in [0.15, 0.2) is 12.2 Å². The van der Waals surface area contributed by atoms with Gasteiger partial charge in [-0.15, -0.1) is 0 Å². The van der Waals surface area contributed by atoms with Gasteiger partial charge >= 0.3 is 17.6 Å². The maximum atomic E-state index is 11.2. The Morgan fingerprint density at radius 3 is 2.55 bits per heavy atom. The maximum absolute atomic E-state index is 11.2. The number of rotatable bonds is 2. The summed E-state index contributed by atoms with van der Waals surface area (Å²) in [6.07, 6.45) is 7.65. The van der Waals surface area contributed by atoms with E-state index in [0.717, 1.165) is 75.2 Å². The van der Waals surface area contributed by atoms with Crippen molar-refractivity contribution in [2.75, 3.05) is 14.2 Å². The van der Waals surface area contributed by atoms with Crippen LogP contribution in [0.3, 0.4) is 0 Å². The van der Waals surface area contributed by atoms with Crippen LogP contribution in [0.15, 0.2) is 21.6 Å². The summed E-state index contributed by atoms with van der Waals surface area (Å²) < 4.78 is 19.2. The van der Waals surface area contributed by atoms with Gasteiger partial charge < -0.3 is 9.47 Å². The molecule has 3 aliphatic heterocycles. The number of hydrogen-bond acceptors (Lipinski definition) is 8. The van der Waals surface area contributed by atoms with Crippen LogP contribution < -0.4 is 10.3 Å². The van der Waals surface area contributed by atoms with Gasteiger partial charge in [-0.3, -0.25) is 13.9 Å². The van der Waals surface area contributed by atoms with Crippen molar-refractivity contribution in [3.05, 3.63) is 51.0 Å². The number of nitrogens with zero attached hydrogens (tertiary/aromatic N) is 5. The third-order valence-corrected chi connectivity index (χ3v) is 5.80. The molecule has 176 valence electrons. The van der Waals surface area contributed by atoms with Gasteiger partial charge in [0.05, 0.1) is 26.1 Å². The summed E-state index contributed by atoms with van der Waals surface area (Å²) in [5, 5.41) is 10.7. The molecule has 0 spiro atoms. The lowest BCUT2D eigenvalue weighted by Gasteiger charge is -1.96. The van der Waals surface area contributed by atoms with E-state index in [1.165, 1.54) is 14.2 Å². The Hall–Kier alpha value is -3.70. The van der Waals surface area contributed by atoms with Crippen LogP contribution in [0.1, 0.15) is 57.2 Å². The number of carbonyl (C=O) groups is 2. The molecule has 0 aromatic carbocycles. The van der Waals surface area contributed by atoms with E-state index in [-0.39, 0.29) is 17.6 Å². The molecule has 0 fully saturated rings. The molecular formula is C21H27N6O6+. The molecule has 0 saturated carbocycles. The standard InChI is InChI=1S/2C8H10N2O2.C5H6N2O2/c1-12-8(11)6-5-9-10-4-2-3-7(6)10;1-12-8(11)7-5-6-3-2-4-10(6)9-7;8-5-4-2-1-3-7(4)6-9-5/h2*5H,2-4H2,1H3;1-3H2/p+1. The number of esters is 2. The number of aryl methyl sites for hydroxylation is 4. The minimum atomic E-state index is -0.350. The SMILES string of the molecule is COC(=O)c1cc2n(n1)CCC2.COC(=O)c1cnn2c1CCC2.O=c1o[nH][n+]2c1CCC2. The van der Waals surface area contributed by atoms with Crippen LogP contribution in [0.4, 0.5) is 0 Å². The van der Waals surface area contributed by atoms with Crippen LogP contribution >= 0.6 is 0 Å². The van der Waals surface area contributed by atoms with E-state index in [1.807, 2.05) is 9.36 Å². The number of methoxy groups -OCH3 is 2. The average molecular weight is 459 g/mol. The second-order valence-corrected chi connectivity index (χ2v) is 7.85. The zero-order valence-corrected chi connectivity index (χ0v) is 18.7. The largest absolute Gasteiger partial charge is 0.465 e. The lowest BCUT2D eigenvalue weighted by Crippen LogP contribution is -2.35.